The molecule has 24 heavy (non-hydrogen) atoms. The third-order valence-electron chi connectivity index (χ3n) is 3.68. The molecule has 0 spiro atoms. The number of anilines is 1. The minimum Gasteiger partial charge on any atom is -0.354 e. The average Bonchev–Trinajstić information content (AvgIpc) is 2.45. The lowest BCUT2D eigenvalue weighted by atomic mass is 10.1. The molecule has 3 N–H and O–H groups in total. The van der Waals surface area contributed by atoms with Gasteiger partial charge in [0.25, 0.3) is 0 Å². The van der Waals surface area contributed by atoms with Gasteiger partial charge in [0.15, 0.2) is 0 Å². The molecule has 9 heteroatoms. The van der Waals surface area contributed by atoms with Gasteiger partial charge in [-0.1, -0.05) is 0 Å². The number of likely N-dealkylation sites (N-methyl/N-ethyl adjacent to an activating group) is 1. The fraction of sp³-hybridized carbons (Fsp3) is 0.600. The highest BCUT2D eigenvalue weighted by molar-refractivity contribution is 5.86. The number of halogens is 3. The Morgan fingerprint density at radius 3 is 2.38 bits per heavy atom. The van der Waals surface area contributed by atoms with Crippen LogP contribution in [-0.4, -0.2) is 54.6 Å². The molecule has 6 nitrogen and oxygen atoms in total. The van der Waals surface area contributed by atoms with Crippen molar-refractivity contribution in [1.82, 2.24) is 15.2 Å². The van der Waals surface area contributed by atoms with Crippen molar-refractivity contribution in [1.29, 1.82) is 0 Å². The second kappa shape index (κ2) is 10.9. The minimum atomic E-state index is -0.854. The van der Waals surface area contributed by atoms with E-state index in [0.717, 1.165) is 37.6 Å². The van der Waals surface area contributed by atoms with Gasteiger partial charge in [0.05, 0.1) is 5.54 Å². The topological polar surface area (TPSA) is 74.5 Å². The summed E-state index contributed by atoms with van der Waals surface area (Å²) in [5.74, 6) is 0.822. The predicted octanol–water partition coefficient (Wildman–Crippen LogP) is 1.45. The Morgan fingerprint density at radius 1 is 1.25 bits per heavy atom. The van der Waals surface area contributed by atoms with E-state index in [9.17, 15) is 4.79 Å². The van der Waals surface area contributed by atoms with Gasteiger partial charge in [-0.15, -0.1) is 37.2 Å². The quantitative estimate of drug-likeness (QED) is 0.800. The molecule has 2 rings (SSSR count). The molecule has 1 aliphatic heterocycles. The van der Waals surface area contributed by atoms with Crippen LogP contribution in [0.3, 0.4) is 0 Å². The molecule has 0 radical (unpaired) electrons. The number of carbonyl (C=O) groups excluding carboxylic acids is 1. The number of amides is 1. The lowest BCUT2D eigenvalue weighted by Gasteiger charge is -2.33. The van der Waals surface area contributed by atoms with Crippen LogP contribution in [-0.2, 0) is 11.3 Å². The Balaban J connectivity index is 0. The first-order valence-corrected chi connectivity index (χ1v) is 7.32. The number of nitrogens with zero attached hydrogens (tertiary/aromatic N) is 3. The summed E-state index contributed by atoms with van der Waals surface area (Å²) in [6.45, 7) is 7.93. The van der Waals surface area contributed by atoms with Gasteiger partial charge >= 0.3 is 0 Å². The largest absolute Gasteiger partial charge is 0.354 e. The van der Waals surface area contributed by atoms with Crippen LogP contribution in [0.25, 0.3) is 0 Å². The van der Waals surface area contributed by atoms with Crippen molar-refractivity contribution >= 4 is 48.9 Å². The Hall–Kier alpha value is -0.790. The Kier molecular flexibility index (Phi) is 11.6. The van der Waals surface area contributed by atoms with Crippen LogP contribution in [0.15, 0.2) is 18.3 Å². The van der Waals surface area contributed by atoms with E-state index in [-0.39, 0.29) is 43.1 Å². The summed E-state index contributed by atoms with van der Waals surface area (Å²) in [7, 11) is 2.13. The van der Waals surface area contributed by atoms with E-state index in [4.69, 9.17) is 5.73 Å². The highest BCUT2D eigenvalue weighted by Gasteiger charge is 2.21. The van der Waals surface area contributed by atoms with E-state index in [2.05, 4.69) is 27.1 Å². The van der Waals surface area contributed by atoms with Gasteiger partial charge < -0.3 is 20.9 Å². The Bertz CT molecular complexity index is 502. The smallest absolute Gasteiger partial charge is 0.239 e. The highest BCUT2D eigenvalue weighted by atomic mass is 35.5. The van der Waals surface area contributed by atoms with Crippen LogP contribution in [0.4, 0.5) is 5.82 Å². The molecule has 0 bridgehead atoms. The number of aromatic nitrogens is 1. The number of carbonyl (C=O) groups is 1. The van der Waals surface area contributed by atoms with Crippen LogP contribution < -0.4 is 16.0 Å². The molecule has 2 heterocycles. The van der Waals surface area contributed by atoms with Crippen LogP contribution in [0, 0.1) is 0 Å². The zero-order valence-electron chi connectivity index (χ0n) is 14.3. The number of rotatable bonds is 4. The normalized spacial score (nSPS) is 14.8. The third kappa shape index (κ3) is 7.40. The van der Waals surface area contributed by atoms with Gasteiger partial charge in [-0.3, -0.25) is 4.79 Å². The fourth-order valence-electron chi connectivity index (χ4n) is 2.19. The monoisotopic (exact) mass is 399 g/mol. The molecule has 1 fully saturated rings. The van der Waals surface area contributed by atoms with Gasteiger partial charge in [0.2, 0.25) is 5.91 Å². The Morgan fingerprint density at radius 2 is 1.83 bits per heavy atom. The summed E-state index contributed by atoms with van der Waals surface area (Å²) in [5.41, 5.74) is 5.95. The zero-order valence-corrected chi connectivity index (χ0v) is 16.8. The minimum absolute atomic E-state index is 0. The first kappa shape index (κ1) is 25.5. The van der Waals surface area contributed by atoms with Crippen molar-refractivity contribution in [2.75, 3.05) is 38.1 Å². The summed E-state index contributed by atoms with van der Waals surface area (Å²) < 4.78 is 0. The molecule has 0 aliphatic carbocycles. The van der Waals surface area contributed by atoms with Crippen molar-refractivity contribution in [2.24, 2.45) is 5.73 Å². The van der Waals surface area contributed by atoms with E-state index in [1.807, 2.05) is 12.1 Å². The molecular formula is C15H28Cl3N5O. The molecule has 0 saturated carbocycles. The molecule has 1 amide bonds. The van der Waals surface area contributed by atoms with Crippen molar-refractivity contribution in [3.05, 3.63) is 23.9 Å². The molecule has 0 unspecified atom stereocenters. The van der Waals surface area contributed by atoms with E-state index >= 15 is 0 Å². The standard InChI is InChI=1S/C15H25N5O.3ClH/c1-15(2,16)14(21)18-11-12-4-5-17-13(10-12)20-8-6-19(3)7-9-20;;;/h4-5,10H,6-9,11,16H2,1-3H3,(H,18,21);3*1H. The average molecular weight is 401 g/mol. The van der Waals surface area contributed by atoms with Crippen molar-refractivity contribution in [2.45, 2.75) is 25.9 Å². The second-order valence-corrected chi connectivity index (χ2v) is 6.22. The molecular weight excluding hydrogens is 373 g/mol. The Labute approximate surface area is 162 Å². The van der Waals surface area contributed by atoms with Crippen molar-refractivity contribution in [3.63, 3.8) is 0 Å². The van der Waals surface area contributed by atoms with Gasteiger partial charge in [-0.25, -0.2) is 4.98 Å². The van der Waals surface area contributed by atoms with Gasteiger partial charge in [0, 0.05) is 38.9 Å². The number of piperazine rings is 1. The zero-order chi connectivity index (χ0) is 15.5. The number of hydrogen-bond acceptors (Lipinski definition) is 5. The van der Waals surface area contributed by atoms with Crippen LogP contribution in [0.2, 0.25) is 0 Å². The lowest BCUT2D eigenvalue weighted by molar-refractivity contribution is -0.125. The summed E-state index contributed by atoms with van der Waals surface area (Å²) in [4.78, 5) is 20.8. The van der Waals surface area contributed by atoms with Gasteiger partial charge in [-0.05, 0) is 38.6 Å². The molecule has 1 aliphatic rings. The van der Waals surface area contributed by atoms with E-state index in [0.29, 0.717) is 6.54 Å². The fourth-order valence-corrected chi connectivity index (χ4v) is 2.19. The second-order valence-electron chi connectivity index (χ2n) is 6.22. The van der Waals surface area contributed by atoms with E-state index in [1.165, 1.54) is 0 Å². The van der Waals surface area contributed by atoms with Crippen molar-refractivity contribution in [3.8, 4) is 0 Å². The molecule has 1 saturated heterocycles. The maximum Gasteiger partial charge on any atom is 0.239 e. The molecule has 0 atom stereocenters. The number of pyridine rings is 1. The van der Waals surface area contributed by atoms with Crippen LogP contribution >= 0.6 is 37.2 Å². The summed E-state index contributed by atoms with van der Waals surface area (Å²) >= 11 is 0. The first-order valence-electron chi connectivity index (χ1n) is 7.32. The molecule has 1 aromatic rings. The third-order valence-corrected chi connectivity index (χ3v) is 3.68. The number of nitrogens with two attached hydrogens (primary N) is 1. The molecule has 140 valence electrons. The van der Waals surface area contributed by atoms with E-state index in [1.54, 1.807) is 20.0 Å². The van der Waals surface area contributed by atoms with Gasteiger partial charge in [-0.2, -0.15) is 0 Å². The van der Waals surface area contributed by atoms with Crippen LogP contribution in [0.5, 0.6) is 0 Å². The van der Waals surface area contributed by atoms with E-state index < -0.39 is 5.54 Å². The summed E-state index contributed by atoms with van der Waals surface area (Å²) in [6.07, 6.45) is 1.79. The highest BCUT2D eigenvalue weighted by Crippen LogP contribution is 2.14. The SMILES string of the molecule is CN1CCN(c2cc(CNC(=O)C(C)(C)N)ccn2)CC1.Cl.Cl.Cl. The molecule has 0 aromatic carbocycles. The maximum absolute atomic E-state index is 11.8. The van der Waals surface area contributed by atoms with Crippen molar-refractivity contribution < 1.29 is 4.79 Å². The van der Waals surface area contributed by atoms with Crippen LogP contribution in [0.1, 0.15) is 19.4 Å². The first-order chi connectivity index (χ1) is 9.86. The summed E-state index contributed by atoms with van der Waals surface area (Å²) in [6, 6.07) is 3.96. The van der Waals surface area contributed by atoms with Gasteiger partial charge in [0.1, 0.15) is 5.82 Å². The maximum atomic E-state index is 11.8. The lowest BCUT2D eigenvalue weighted by Crippen LogP contribution is -2.48. The number of hydrogen-bond donors (Lipinski definition) is 2. The number of nitrogens with one attached hydrogen (secondary N) is 1. The summed E-state index contributed by atoms with van der Waals surface area (Å²) in [5, 5.41) is 2.86. The predicted molar refractivity (Wildman–Crippen MR) is 106 cm³/mol. The molecule has 1 aromatic heterocycles.